The first kappa shape index (κ1) is 21.8. The van der Waals surface area contributed by atoms with Gasteiger partial charge in [0.25, 0.3) is 5.91 Å². The minimum atomic E-state index is -0.897. The Morgan fingerprint density at radius 1 is 1.00 bits per heavy atom. The Labute approximate surface area is 180 Å². The van der Waals surface area contributed by atoms with E-state index in [2.05, 4.69) is 10.1 Å². The summed E-state index contributed by atoms with van der Waals surface area (Å²) in [6.07, 6.45) is 0.267. The number of carbonyl (C=O) groups is 3. The number of furan rings is 1. The van der Waals surface area contributed by atoms with Crippen LogP contribution >= 0.6 is 0 Å². The van der Waals surface area contributed by atoms with E-state index in [-0.39, 0.29) is 24.7 Å². The summed E-state index contributed by atoms with van der Waals surface area (Å²) in [5, 5.41) is 2.74. The first-order chi connectivity index (χ1) is 15.0. The van der Waals surface area contributed by atoms with Crippen molar-refractivity contribution in [1.82, 2.24) is 5.32 Å². The van der Waals surface area contributed by atoms with E-state index >= 15 is 0 Å². The molecule has 1 N–H and O–H groups in total. The fourth-order valence-corrected chi connectivity index (χ4v) is 3.03. The molecule has 31 heavy (non-hydrogen) atoms. The second-order valence-corrected chi connectivity index (χ2v) is 6.91. The second-order valence-electron chi connectivity index (χ2n) is 6.91. The molecule has 2 aromatic carbocycles. The van der Waals surface area contributed by atoms with Gasteiger partial charge in [0.05, 0.1) is 7.11 Å². The number of rotatable bonds is 8. The SMILES string of the molecule is COC(=O)c1oc(COC(=O)[C@@H](Cc2ccccc2)NC(=O)c2ccccc2)cc1C. The van der Waals surface area contributed by atoms with Gasteiger partial charge >= 0.3 is 11.9 Å². The van der Waals surface area contributed by atoms with Gasteiger partial charge in [-0.3, -0.25) is 4.79 Å². The van der Waals surface area contributed by atoms with Crippen molar-refractivity contribution in [3.63, 3.8) is 0 Å². The van der Waals surface area contributed by atoms with Gasteiger partial charge in [0.2, 0.25) is 5.76 Å². The van der Waals surface area contributed by atoms with Crippen molar-refractivity contribution >= 4 is 17.8 Å². The number of methoxy groups -OCH3 is 1. The van der Waals surface area contributed by atoms with E-state index in [0.717, 1.165) is 5.56 Å². The highest BCUT2D eigenvalue weighted by molar-refractivity contribution is 5.96. The number of hydrogen-bond donors (Lipinski definition) is 1. The number of benzene rings is 2. The molecule has 3 rings (SSSR count). The summed E-state index contributed by atoms with van der Waals surface area (Å²) in [5.41, 5.74) is 1.90. The van der Waals surface area contributed by atoms with Crippen molar-refractivity contribution in [2.45, 2.75) is 26.0 Å². The van der Waals surface area contributed by atoms with Crippen LogP contribution in [0.4, 0.5) is 0 Å². The van der Waals surface area contributed by atoms with Gasteiger partial charge in [0.15, 0.2) is 0 Å². The van der Waals surface area contributed by atoms with Crippen LogP contribution in [-0.4, -0.2) is 31.0 Å². The van der Waals surface area contributed by atoms with Crippen LogP contribution in [-0.2, 0) is 27.3 Å². The molecule has 0 aliphatic heterocycles. The Balaban J connectivity index is 1.71. The van der Waals surface area contributed by atoms with Gasteiger partial charge in [-0.2, -0.15) is 0 Å². The summed E-state index contributed by atoms with van der Waals surface area (Å²) in [6, 6.07) is 18.7. The zero-order valence-electron chi connectivity index (χ0n) is 17.3. The average molecular weight is 421 g/mol. The molecule has 0 aliphatic rings. The van der Waals surface area contributed by atoms with E-state index in [0.29, 0.717) is 16.9 Å². The molecule has 0 fully saturated rings. The van der Waals surface area contributed by atoms with Gasteiger partial charge in [-0.05, 0) is 30.7 Å². The number of carbonyl (C=O) groups excluding carboxylic acids is 3. The first-order valence-corrected chi connectivity index (χ1v) is 9.72. The summed E-state index contributed by atoms with van der Waals surface area (Å²) < 4.78 is 15.5. The molecule has 0 saturated heterocycles. The van der Waals surface area contributed by atoms with Crippen molar-refractivity contribution in [3.05, 3.63) is 94.9 Å². The van der Waals surface area contributed by atoms with Gasteiger partial charge in [-0.1, -0.05) is 48.5 Å². The van der Waals surface area contributed by atoms with Crippen molar-refractivity contribution in [3.8, 4) is 0 Å². The summed E-state index contributed by atoms with van der Waals surface area (Å²) in [6.45, 7) is 1.52. The Morgan fingerprint density at radius 2 is 1.65 bits per heavy atom. The molecule has 0 aliphatic carbocycles. The molecular formula is C24H23NO6. The lowest BCUT2D eigenvalue weighted by molar-refractivity contribution is -0.147. The smallest absolute Gasteiger partial charge is 0.374 e. The van der Waals surface area contributed by atoms with E-state index < -0.39 is 18.0 Å². The van der Waals surface area contributed by atoms with E-state index in [1.54, 1.807) is 43.3 Å². The van der Waals surface area contributed by atoms with E-state index in [9.17, 15) is 14.4 Å². The molecule has 0 radical (unpaired) electrons. The van der Waals surface area contributed by atoms with Crippen molar-refractivity contribution in [2.24, 2.45) is 0 Å². The molecule has 0 unspecified atom stereocenters. The van der Waals surface area contributed by atoms with Crippen LogP contribution in [0.3, 0.4) is 0 Å². The maximum absolute atomic E-state index is 12.8. The quantitative estimate of drug-likeness (QED) is 0.560. The highest BCUT2D eigenvalue weighted by Crippen LogP contribution is 2.17. The molecule has 7 nitrogen and oxygen atoms in total. The normalized spacial score (nSPS) is 11.4. The van der Waals surface area contributed by atoms with E-state index in [4.69, 9.17) is 9.15 Å². The molecule has 1 aromatic heterocycles. The van der Waals surface area contributed by atoms with Gasteiger partial charge in [-0.25, -0.2) is 9.59 Å². The lowest BCUT2D eigenvalue weighted by Gasteiger charge is -2.17. The average Bonchev–Trinajstić information content (AvgIpc) is 3.18. The summed E-state index contributed by atoms with van der Waals surface area (Å²) in [7, 11) is 1.26. The summed E-state index contributed by atoms with van der Waals surface area (Å²) >= 11 is 0. The number of aryl methyl sites for hydroxylation is 1. The molecule has 7 heteroatoms. The Kier molecular flexibility index (Phi) is 7.22. The molecule has 0 bridgehead atoms. The third kappa shape index (κ3) is 5.82. The van der Waals surface area contributed by atoms with E-state index in [1.807, 2.05) is 30.3 Å². The topological polar surface area (TPSA) is 94.8 Å². The largest absolute Gasteiger partial charge is 0.463 e. The molecular weight excluding hydrogens is 398 g/mol. The number of nitrogens with one attached hydrogen (secondary N) is 1. The number of ether oxygens (including phenoxy) is 2. The van der Waals surface area contributed by atoms with E-state index in [1.165, 1.54) is 7.11 Å². The maximum Gasteiger partial charge on any atom is 0.374 e. The van der Waals surface area contributed by atoms with Gasteiger partial charge in [0, 0.05) is 17.5 Å². The molecule has 0 saturated carbocycles. The van der Waals surface area contributed by atoms with Crippen molar-refractivity contribution < 1.29 is 28.3 Å². The Morgan fingerprint density at radius 3 is 2.29 bits per heavy atom. The predicted molar refractivity (Wildman–Crippen MR) is 112 cm³/mol. The van der Waals surface area contributed by atoms with Crippen LogP contribution in [0, 0.1) is 6.92 Å². The fraction of sp³-hybridized carbons (Fsp3) is 0.208. The predicted octanol–water partition coefficient (Wildman–Crippen LogP) is 3.46. The van der Waals surface area contributed by atoms with Gasteiger partial charge in [-0.15, -0.1) is 0 Å². The second kappa shape index (κ2) is 10.2. The lowest BCUT2D eigenvalue weighted by atomic mass is 10.1. The zero-order chi connectivity index (χ0) is 22.2. The molecule has 1 heterocycles. The van der Waals surface area contributed by atoms with Crippen LogP contribution < -0.4 is 5.32 Å². The Bertz CT molecular complexity index is 1040. The molecule has 3 aromatic rings. The van der Waals surface area contributed by atoms with Crippen LogP contribution in [0.1, 0.15) is 37.8 Å². The van der Waals surface area contributed by atoms with Crippen LogP contribution in [0.5, 0.6) is 0 Å². The summed E-state index contributed by atoms with van der Waals surface area (Å²) in [4.78, 5) is 37.1. The lowest BCUT2D eigenvalue weighted by Crippen LogP contribution is -2.43. The van der Waals surface area contributed by atoms with Gasteiger partial charge in [0.1, 0.15) is 18.4 Å². The monoisotopic (exact) mass is 421 g/mol. The number of amides is 1. The minimum absolute atomic E-state index is 0.0618. The number of hydrogen-bond acceptors (Lipinski definition) is 6. The van der Waals surface area contributed by atoms with Crippen molar-refractivity contribution in [1.29, 1.82) is 0 Å². The third-order valence-electron chi connectivity index (χ3n) is 4.60. The van der Waals surface area contributed by atoms with Crippen LogP contribution in [0.2, 0.25) is 0 Å². The van der Waals surface area contributed by atoms with Gasteiger partial charge < -0.3 is 19.2 Å². The molecule has 160 valence electrons. The number of esters is 2. The third-order valence-corrected chi connectivity index (χ3v) is 4.60. The molecule has 0 spiro atoms. The maximum atomic E-state index is 12.8. The zero-order valence-corrected chi connectivity index (χ0v) is 17.3. The summed E-state index contributed by atoms with van der Waals surface area (Å²) in [5.74, 6) is -1.22. The molecule has 1 atom stereocenters. The highest BCUT2D eigenvalue weighted by Gasteiger charge is 2.24. The molecule has 1 amide bonds. The van der Waals surface area contributed by atoms with Crippen LogP contribution in [0.15, 0.2) is 71.1 Å². The van der Waals surface area contributed by atoms with Crippen molar-refractivity contribution in [2.75, 3.05) is 7.11 Å². The minimum Gasteiger partial charge on any atom is -0.463 e. The Hall–Kier alpha value is -3.87. The standard InChI is InChI=1S/C24H23NO6/c1-16-13-19(31-21(16)24(28)29-2)15-30-23(27)20(14-17-9-5-3-6-10-17)25-22(26)18-11-7-4-8-12-18/h3-13,20H,14-15H2,1-2H3,(H,25,26)/t20-/m1/s1. The van der Waals surface area contributed by atoms with Crippen LogP contribution in [0.25, 0.3) is 0 Å². The highest BCUT2D eigenvalue weighted by atomic mass is 16.6. The first-order valence-electron chi connectivity index (χ1n) is 9.72. The fourth-order valence-electron chi connectivity index (χ4n) is 3.03.